The lowest BCUT2D eigenvalue weighted by Crippen LogP contribution is -2.39. The number of piperidine rings is 1. The third-order valence-electron chi connectivity index (χ3n) is 4.68. The van der Waals surface area contributed by atoms with Gasteiger partial charge in [-0.15, -0.1) is 0 Å². The Kier molecular flexibility index (Phi) is 6.10. The van der Waals surface area contributed by atoms with Crippen molar-refractivity contribution in [2.75, 3.05) is 24.6 Å². The Balaban J connectivity index is 1.76. The lowest BCUT2D eigenvalue weighted by atomic mass is 9.92. The summed E-state index contributed by atoms with van der Waals surface area (Å²) in [4.78, 5) is 2.17. The summed E-state index contributed by atoms with van der Waals surface area (Å²) in [6.45, 7) is 4.37. The van der Waals surface area contributed by atoms with E-state index in [2.05, 4.69) is 24.4 Å². The van der Waals surface area contributed by atoms with Gasteiger partial charge in [-0.2, -0.15) is 0 Å². The number of benzene rings is 2. The average molecular weight is 358 g/mol. The molecule has 1 aliphatic heterocycles. The van der Waals surface area contributed by atoms with Crippen LogP contribution in [0.25, 0.3) is 0 Å². The topological polar surface area (TPSA) is 73.3 Å². The minimum atomic E-state index is 0.242. The smallest absolute Gasteiger partial charge is 0.133 e. The van der Waals surface area contributed by atoms with Crippen molar-refractivity contribution in [1.29, 1.82) is 0 Å². The van der Waals surface area contributed by atoms with Crippen molar-refractivity contribution in [3.63, 3.8) is 0 Å². The summed E-state index contributed by atoms with van der Waals surface area (Å²) in [5.41, 5.74) is 13.0. The van der Waals surface area contributed by atoms with Crippen molar-refractivity contribution < 1.29 is 4.74 Å². The molecule has 0 aromatic heterocycles. The van der Waals surface area contributed by atoms with Crippen LogP contribution in [-0.2, 0) is 0 Å². The van der Waals surface area contributed by atoms with Crippen LogP contribution in [0.3, 0.4) is 0 Å². The Labute approximate surface area is 154 Å². The number of hydrogen-bond donors (Lipinski definition) is 3. The molecule has 2 aromatic carbocycles. The van der Waals surface area contributed by atoms with Crippen molar-refractivity contribution in [3.05, 3.63) is 42.5 Å². The van der Waals surface area contributed by atoms with E-state index in [0.717, 1.165) is 35.1 Å². The van der Waals surface area contributed by atoms with Gasteiger partial charge in [-0.1, -0.05) is 30.8 Å². The zero-order valence-corrected chi connectivity index (χ0v) is 15.5. The zero-order valence-electron chi connectivity index (χ0n) is 14.7. The molecule has 1 fully saturated rings. The lowest BCUT2D eigenvalue weighted by molar-refractivity contribution is 0.108. The monoisotopic (exact) mass is 357 g/mol. The molecule has 0 radical (unpaired) electrons. The third kappa shape index (κ3) is 4.61. The molecule has 2 atom stereocenters. The van der Waals surface area contributed by atoms with E-state index in [9.17, 15) is 0 Å². The summed E-state index contributed by atoms with van der Waals surface area (Å²) in [5.74, 6) is 1.52. The molecule has 1 heterocycles. The number of hydrogen-bond acceptors (Lipinski definition) is 5. The summed E-state index contributed by atoms with van der Waals surface area (Å²) in [5, 5.41) is 3.49. The van der Waals surface area contributed by atoms with Gasteiger partial charge >= 0.3 is 0 Å². The fourth-order valence-corrected chi connectivity index (χ4v) is 4.19. The van der Waals surface area contributed by atoms with Gasteiger partial charge in [0.2, 0.25) is 0 Å². The Morgan fingerprint density at radius 2 is 2.04 bits per heavy atom. The van der Waals surface area contributed by atoms with E-state index >= 15 is 0 Å². The first-order chi connectivity index (χ1) is 12.2. The van der Waals surface area contributed by atoms with Crippen LogP contribution in [0, 0.1) is 5.92 Å². The largest absolute Gasteiger partial charge is 0.489 e. The normalized spacial score (nSPS) is 18.7. The van der Waals surface area contributed by atoms with Gasteiger partial charge in [0.25, 0.3) is 0 Å². The van der Waals surface area contributed by atoms with Crippen molar-refractivity contribution >= 4 is 23.1 Å². The van der Waals surface area contributed by atoms with Gasteiger partial charge in [0.15, 0.2) is 0 Å². The predicted octanol–water partition coefficient (Wildman–Crippen LogP) is 4.16. The van der Waals surface area contributed by atoms with E-state index in [-0.39, 0.29) is 6.10 Å². The van der Waals surface area contributed by atoms with Gasteiger partial charge in [0.1, 0.15) is 11.9 Å². The molecule has 0 spiro atoms. The lowest BCUT2D eigenvalue weighted by Gasteiger charge is -2.31. The quantitative estimate of drug-likeness (QED) is 0.677. The van der Waals surface area contributed by atoms with Crippen LogP contribution in [0.5, 0.6) is 5.75 Å². The summed E-state index contributed by atoms with van der Waals surface area (Å²) in [6.07, 6.45) is 3.72. The van der Waals surface area contributed by atoms with Gasteiger partial charge in [-0.05, 0) is 56.1 Å². The SMILES string of the molecule is CCC(Oc1ccccc1Sc1ccc(N)c(N)c1)C1CCCNC1. The minimum absolute atomic E-state index is 0.242. The van der Waals surface area contributed by atoms with E-state index in [4.69, 9.17) is 16.2 Å². The molecule has 1 saturated heterocycles. The summed E-state index contributed by atoms with van der Waals surface area (Å²) < 4.78 is 6.44. The number of rotatable bonds is 6. The first-order valence-electron chi connectivity index (χ1n) is 8.96. The molecular formula is C20H27N3OS. The van der Waals surface area contributed by atoms with Crippen molar-refractivity contribution in [1.82, 2.24) is 5.32 Å². The van der Waals surface area contributed by atoms with Crippen LogP contribution in [0.15, 0.2) is 52.3 Å². The number of para-hydroxylation sites is 1. The molecule has 25 heavy (non-hydrogen) atoms. The van der Waals surface area contributed by atoms with Gasteiger partial charge in [0, 0.05) is 17.4 Å². The summed E-state index contributed by atoms with van der Waals surface area (Å²) >= 11 is 1.66. The van der Waals surface area contributed by atoms with Crippen molar-refractivity contribution in [3.8, 4) is 5.75 Å². The molecule has 2 unspecified atom stereocenters. The van der Waals surface area contributed by atoms with Gasteiger partial charge in [-0.3, -0.25) is 0 Å². The highest BCUT2D eigenvalue weighted by atomic mass is 32.2. The second-order valence-electron chi connectivity index (χ2n) is 6.51. The minimum Gasteiger partial charge on any atom is -0.489 e. The number of nitrogens with two attached hydrogens (primary N) is 2. The van der Waals surface area contributed by atoms with Gasteiger partial charge < -0.3 is 21.5 Å². The molecule has 134 valence electrons. The first-order valence-corrected chi connectivity index (χ1v) is 9.78. The molecule has 0 bridgehead atoms. The van der Waals surface area contributed by atoms with E-state index in [0.29, 0.717) is 17.3 Å². The maximum absolute atomic E-state index is 6.44. The Hall–Kier alpha value is -1.85. The molecular weight excluding hydrogens is 330 g/mol. The number of ether oxygens (including phenoxy) is 1. The first kappa shape index (κ1) is 18.0. The molecule has 0 saturated carbocycles. The molecule has 1 aliphatic rings. The van der Waals surface area contributed by atoms with Gasteiger partial charge in [-0.25, -0.2) is 0 Å². The van der Waals surface area contributed by atoms with Gasteiger partial charge in [0.05, 0.1) is 16.3 Å². The van der Waals surface area contributed by atoms with E-state index in [1.807, 2.05) is 30.3 Å². The van der Waals surface area contributed by atoms with Crippen LogP contribution < -0.4 is 21.5 Å². The molecule has 5 heteroatoms. The molecule has 0 aliphatic carbocycles. The Bertz CT molecular complexity index is 701. The maximum atomic E-state index is 6.44. The summed E-state index contributed by atoms with van der Waals surface area (Å²) in [7, 11) is 0. The number of anilines is 2. The van der Waals surface area contributed by atoms with Crippen LogP contribution in [-0.4, -0.2) is 19.2 Å². The molecule has 5 N–H and O–H groups in total. The van der Waals surface area contributed by atoms with Crippen LogP contribution in [0.4, 0.5) is 11.4 Å². The van der Waals surface area contributed by atoms with E-state index < -0.39 is 0 Å². The van der Waals surface area contributed by atoms with E-state index in [1.165, 1.54) is 12.8 Å². The standard InChI is InChI=1S/C20H27N3OS/c1-2-18(14-6-5-11-23-13-14)24-19-7-3-4-8-20(19)25-15-9-10-16(21)17(22)12-15/h3-4,7-10,12,14,18,23H,2,5-6,11,13,21-22H2,1H3. The average Bonchev–Trinajstić information content (AvgIpc) is 2.65. The fraction of sp³-hybridized carbons (Fsp3) is 0.400. The number of nitrogen functional groups attached to an aromatic ring is 2. The third-order valence-corrected chi connectivity index (χ3v) is 5.72. The zero-order chi connectivity index (χ0) is 17.6. The summed E-state index contributed by atoms with van der Waals surface area (Å²) in [6, 6.07) is 14.0. The molecule has 3 rings (SSSR count). The Morgan fingerprint density at radius 3 is 2.76 bits per heavy atom. The van der Waals surface area contributed by atoms with Crippen molar-refractivity contribution in [2.24, 2.45) is 5.92 Å². The Morgan fingerprint density at radius 1 is 1.20 bits per heavy atom. The molecule has 0 amide bonds. The predicted molar refractivity (Wildman–Crippen MR) is 106 cm³/mol. The second-order valence-corrected chi connectivity index (χ2v) is 7.63. The highest BCUT2D eigenvalue weighted by Crippen LogP contribution is 2.37. The van der Waals surface area contributed by atoms with Crippen LogP contribution in [0.1, 0.15) is 26.2 Å². The van der Waals surface area contributed by atoms with Crippen LogP contribution in [0.2, 0.25) is 0 Å². The second kappa shape index (κ2) is 8.50. The highest BCUT2D eigenvalue weighted by molar-refractivity contribution is 7.99. The van der Waals surface area contributed by atoms with Crippen molar-refractivity contribution in [2.45, 2.75) is 42.1 Å². The fourth-order valence-electron chi connectivity index (χ4n) is 3.25. The molecule has 2 aromatic rings. The number of nitrogens with one attached hydrogen (secondary N) is 1. The van der Waals surface area contributed by atoms with Crippen LogP contribution >= 0.6 is 11.8 Å². The highest BCUT2D eigenvalue weighted by Gasteiger charge is 2.24. The molecule has 4 nitrogen and oxygen atoms in total. The maximum Gasteiger partial charge on any atom is 0.133 e. The van der Waals surface area contributed by atoms with E-state index in [1.54, 1.807) is 11.8 Å².